The minimum Gasteiger partial charge on any atom is -0.308 e. The average molecular weight is 349 g/mol. The van der Waals surface area contributed by atoms with Crippen LogP contribution in [0, 0.1) is 5.82 Å². The Morgan fingerprint density at radius 3 is 2.89 bits per heavy atom. The molecule has 0 aliphatic heterocycles. The summed E-state index contributed by atoms with van der Waals surface area (Å²) in [6.45, 7) is 4.72. The molecule has 0 saturated heterocycles. The highest BCUT2D eigenvalue weighted by Crippen LogP contribution is 2.30. The van der Waals surface area contributed by atoms with Crippen LogP contribution in [0.5, 0.6) is 0 Å². The number of rotatable bonds is 4. The average Bonchev–Trinajstić information content (AvgIpc) is 2.77. The van der Waals surface area contributed by atoms with E-state index in [0.29, 0.717) is 16.0 Å². The number of aromatic nitrogens is 4. The number of hydrogen-bond acceptors (Lipinski definition) is 4. The van der Waals surface area contributed by atoms with E-state index < -0.39 is 5.82 Å². The first-order valence-electron chi connectivity index (χ1n) is 5.71. The lowest BCUT2D eigenvalue weighted by Gasteiger charge is -2.14. The minimum absolute atomic E-state index is 0.0481. The van der Waals surface area contributed by atoms with E-state index in [1.807, 2.05) is 13.8 Å². The number of halogens is 3. The van der Waals surface area contributed by atoms with Crippen molar-refractivity contribution in [1.82, 2.24) is 25.5 Å². The summed E-state index contributed by atoms with van der Waals surface area (Å²) >= 11 is 9.35. The Morgan fingerprint density at radius 2 is 2.26 bits per heavy atom. The van der Waals surface area contributed by atoms with E-state index in [1.54, 1.807) is 0 Å². The standard InChI is InChI=1S/C11H12BrClFN5/c1-3-15-6(2)11-16-17-18-19(11)10-8(12)4-7(14)5-9(10)13/h4-6,15H,3H2,1-2H3. The van der Waals surface area contributed by atoms with Gasteiger partial charge >= 0.3 is 0 Å². The number of nitrogens with one attached hydrogen (secondary N) is 1. The first kappa shape index (κ1) is 14.4. The molecule has 1 N–H and O–H groups in total. The predicted octanol–water partition coefficient (Wildman–Crippen LogP) is 2.89. The van der Waals surface area contributed by atoms with Crippen LogP contribution in [0.1, 0.15) is 25.7 Å². The van der Waals surface area contributed by atoms with Crippen LogP contribution in [-0.4, -0.2) is 26.8 Å². The summed E-state index contributed by atoms with van der Waals surface area (Å²) in [5.41, 5.74) is 0.521. The molecule has 5 nitrogen and oxygen atoms in total. The summed E-state index contributed by atoms with van der Waals surface area (Å²) in [5.74, 6) is 0.186. The zero-order valence-corrected chi connectivity index (χ0v) is 12.7. The molecule has 1 unspecified atom stereocenters. The summed E-state index contributed by atoms with van der Waals surface area (Å²) in [4.78, 5) is 0. The topological polar surface area (TPSA) is 55.6 Å². The molecule has 0 spiro atoms. The number of hydrogen-bond donors (Lipinski definition) is 1. The van der Waals surface area contributed by atoms with Gasteiger partial charge in [0.15, 0.2) is 5.82 Å². The summed E-state index contributed by atoms with van der Waals surface area (Å²) < 4.78 is 15.2. The van der Waals surface area contributed by atoms with E-state index in [1.165, 1.54) is 16.8 Å². The third-order valence-corrected chi connectivity index (χ3v) is 3.48. The van der Waals surface area contributed by atoms with E-state index in [0.717, 1.165) is 6.54 Å². The Labute approximate surface area is 123 Å². The van der Waals surface area contributed by atoms with Crippen LogP contribution in [0.25, 0.3) is 5.69 Å². The van der Waals surface area contributed by atoms with E-state index in [4.69, 9.17) is 11.6 Å². The summed E-state index contributed by atoms with van der Waals surface area (Å²) in [7, 11) is 0. The zero-order valence-electron chi connectivity index (χ0n) is 10.4. The molecule has 19 heavy (non-hydrogen) atoms. The second-order valence-electron chi connectivity index (χ2n) is 3.95. The third-order valence-electron chi connectivity index (χ3n) is 2.58. The second-order valence-corrected chi connectivity index (χ2v) is 5.21. The van der Waals surface area contributed by atoms with Gasteiger partial charge in [-0.25, -0.2) is 4.39 Å². The predicted molar refractivity (Wildman–Crippen MR) is 73.9 cm³/mol. The van der Waals surface area contributed by atoms with Crippen molar-refractivity contribution in [2.75, 3.05) is 6.54 Å². The van der Waals surface area contributed by atoms with Crippen molar-refractivity contribution < 1.29 is 4.39 Å². The number of nitrogens with zero attached hydrogens (tertiary/aromatic N) is 4. The quantitative estimate of drug-likeness (QED) is 0.923. The molecular weight excluding hydrogens is 337 g/mol. The molecule has 0 amide bonds. The lowest BCUT2D eigenvalue weighted by molar-refractivity contribution is 0.550. The highest BCUT2D eigenvalue weighted by molar-refractivity contribution is 9.10. The van der Waals surface area contributed by atoms with Crippen LogP contribution in [0.15, 0.2) is 16.6 Å². The maximum Gasteiger partial charge on any atom is 0.173 e. The molecule has 1 atom stereocenters. The first-order valence-corrected chi connectivity index (χ1v) is 6.88. The van der Waals surface area contributed by atoms with Crippen LogP contribution < -0.4 is 5.32 Å². The van der Waals surface area contributed by atoms with E-state index in [-0.39, 0.29) is 11.1 Å². The normalized spacial score (nSPS) is 12.7. The van der Waals surface area contributed by atoms with Gasteiger partial charge in [0, 0.05) is 4.47 Å². The maximum atomic E-state index is 13.2. The Bertz CT molecular complexity index is 565. The second kappa shape index (κ2) is 5.94. The molecule has 0 aliphatic carbocycles. The van der Waals surface area contributed by atoms with Crippen LogP contribution in [-0.2, 0) is 0 Å². The molecule has 102 valence electrons. The molecule has 0 saturated carbocycles. The van der Waals surface area contributed by atoms with Crippen molar-refractivity contribution in [1.29, 1.82) is 0 Å². The molecule has 0 aliphatic rings. The van der Waals surface area contributed by atoms with Gasteiger partial charge in [0.2, 0.25) is 0 Å². The summed E-state index contributed by atoms with van der Waals surface area (Å²) in [6, 6.07) is 2.50. The highest BCUT2D eigenvalue weighted by Gasteiger charge is 2.19. The molecule has 0 bridgehead atoms. The lowest BCUT2D eigenvalue weighted by atomic mass is 10.2. The molecule has 0 radical (unpaired) electrons. The Morgan fingerprint density at radius 1 is 1.53 bits per heavy atom. The van der Waals surface area contributed by atoms with Crippen LogP contribution >= 0.6 is 27.5 Å². The van der Waals surface area contributed by atoms with Gasteiger partial charge in [0.05, 0.1) is 11.1 Å². The zero-order chi connectivity index (χ0) is 14.0. The van der Waals surface area contributed by atoms with Gasteiger partial charge in [0.1, 0.15) is 11.5 Å². The van der Waals surface area contributed by atoms with Crippen molar-refractivity contribution in [3.63, 3.8) is 0 Å². The molecule has 2 rings (SSSR count). The number of benzene rings is 1. The SMILES string of the molecule is CCNC(C)c1nnnn1-c1c(Cl)cc(F)cc1Br. The molecule has 1 aromatic carbocycles. The Hall–Kier alpha value is -1.05. The fraction of sp³-hybridized carbons (Fsp3) is 0.364. The van der Waals surface area contributed by atoms with Crippen LogP contribution in [0.4, 0.5) is 4.39 Å². The largest absolute Gasteiger partial charge is 0.308 e. The molecule has 1 aromatic heterocycles. The first-order chi connectivity index (χ1) is 9.04. The fourth-order valence-electron chi connectivity index (χ4n) is 1.76. The van der Waals surface area contributed by atoms with Gasteiger partial charge in [-0.15, -0.1) is 5.10 Å². The smallest absolute Gasteiger partial charge is 0.173 e. The van der Waals surface area contributed by atoms with E-state index >= 15 is 0 Å². The van der Waals surface area contributed by atoms with Crippen LogP contribution in [0.2, 0.25) is 5.02 Å². The van der Waals surface area contributed by atoms with Crippen LogP contribution in [0.3, 0.4) is 0 Å². The number of tetrazole rings is 1. The van der Waals surface area contributed by atoms with Crippen molar-refractivity contribution in [3.05, 3.63) is 33.3 Å². The monoisotopic (exact) mass is 347 g/mol. The molecular formula is C11H12BrClFN5. The summed E-state index contributed by atoms with van der Waals surface area (Å²) in [6.07, 6.45) is 0. The maximum absolute atomic E-state index is 13.2. The van der Waals surface area contributed by atoms with Gasteiger partial charge in [-0.1, -0.05) is 18.5 Å². The Balaban J connectivity index is 2.52. The fourth-order valence-corrected chi connectivity index (χ4v) is 2.76. The summed E-state index contributed by atoms with van der Waals surface area (Å²) in [5, 5.41) is 15.0. The molecule has 2 aromatic rings. The van der Waals surface area contributed by atoms with Gasteiger partial charge < -0.3 is 5.32 Å². The van der Waals surface area contributed by atoms with Gasteiger partial charge in [0.25, 0.3) is 0 Å². The van der Waals surface area contributed by atoms with Gasteiger partial charge in [-0.3, -0.25) is 0 Å². The van der Waals surface area contributed by atoms with Crippen molar-refractivity contribution in [3.8, 4) is 5.69 Å². The van der Waals surface area contributed by atoms with Crippen molar-refractivity contribution in [2.24, 2.45) is 0 Å². The molecule has 1 heterocycles. The van der Waals surface area contributed by atoms with E-state index in [2.05, 4.69) is 36.8 Å². The van der Waals surface area contributed by atoms with Crippen molar-refractivity contribution in [2.45, 2.75) is 19.9 Å². The van der Waals surface area contributed by atoms with E-state index in [9.17, 15) is 4.39 Å². The lowest BCUT2D eigenvalue weighted by Crippen LogP contribution is -2.21. The Kier molecular flexibility index (Phi) is 4.49. The highest BCUT2D eigenvalue weighted by atomic mass is 79.9. The molecule has 0 fully saturated rings. The van der Waals surface area contributed by atoms with Gasteiger partial charge in [-0.2, -0.15) is 4.68 Å². The van der Waals surface area contributed by atoms with Gasteiger partial charge in [-0.05, 0) is 52.0 Å². The minimum atomic E-state index is -0.421. The molecule has 8 heteroatoms. The third kappa shape index (κ3) is 2.93. The van der Waals surface area contributed by atoms with Crippen molar-refractivity contribution >= 4 is 27.5 Å².